The van der Waals surface area contributed by atoms with Crippen molar-refractivity contribution in [2.45, 2.75) is 6.42 Å². The van der Waals surface area contributed by atoms with E-state index in [2.05, 4.69) is 26.2 Å². The zero-order chi connectivity index (χ0) is 12.1. The number of thiazole rings is 1. The van der Waals surface area contributed by atoms with Gasteiger partial charge in [0.05, 0.1) is 16.8 Å². The summed E-state index contributed by atoms with van der Waals surface area (Å²) in [6.45, 7) is 0.601. The summed E-state index contributed by atoms with van der Waals surface area (Å²) in [5.74, 6) is -0.0623. The second kappa shape index (κ2) is 5.93. The third-order valence-electron chi connectivity index (χ3n) is 2.27. The number of hydrogen-bond donors (Lipinski definition) is 1. The Morgan fingerprint density at radius 3 is 2.94 bits per heavy atom. The maximum Gasteiger partial charge on any atom is 0.252 e. The minimum atomic E-state index is -0.0623. The predicted molar refractivity (Wildman–Crippen MR) is 72.3 cm³/mol. The Morgan fingerprint density at radius 1 is 1.41 bits per heavy atom. The molecule has 1 heterocycles. The van der Waals surface area contributed by atoms with Crippen molar-refractivity contribution < 1.29 is 4.79 Å². The van der Waals surface area contributed by atoms with Gasteiger partial charge in [0, 0.05) is 22.8 Å². The second-order valence-electron chi connectivity index (χ2n) is 3.47. The van der Waals surface area contributed by atoms with Crippen LogP contribution < -0.4 is 5.32 Å². The van der Waals surface area contributed by atoms with Crippen LogP contribution in [-0.4, -0.2) is 17.4 Å². The van der Waals surface area contributed by atoms with Gasteiger partial charge >= 0.3 is 0 Å². The van der Waals surface area contributed by atoms with Crippen molar-refractivity contribution in [1.29, 1.82) is 0 Å². The Morgan fingerprint density at radius 2 is 2.24 bits per heavy atom. The summed E-state index contributed by atoms with van der Waals surface area (Å²) >= 11 is 4.92. The van der Waals surface area contributed by atoms with E-state index >= 15 is 0 Å². The maximum absolute atomic E-state index is 11.8. The average molecular weight is 311 g/mol. The molecule has 0 radical (unpaired) electrons. The van der Waals surface area contributed by atoms with Crippen LogP contribution in [0.25, 0.3) is 0 Å². The van der Waals surface area contributed by atoms with Crippen molar-refractivity contribution >= 4 is 33.2 Å². The minimum absolute atomic E-state index is 0.0623. The molecular formula is C12H11BrN2OS. The van der Waals surface area contributed by atoms with Crippen LogP contribution >= 0.6 is 27.3 Å². The first-order valence-corrected chi connectivity index (χ1v) is 6.91. The van der Waals surface area contributed by atoms with Crippen molar-refractivity contribution in [3.05, 3.63) is 50.9 Å². The van der Waals surface area contributed by atoms with E-state index in [-0.39, 0.29) is 5.91 Å². The quantitative estimate of drug-likeness (QED) is 0.943. The number of hydrogen-bond acceptors (Lipinski definition) is 3. The summed E-state index contributed by atoms with van der Waals surface area (Å²) in [6.07, 6.45) is 0.764. The van der Waals surface area contributed by atoms with Gasteiger partial charge in [-0.25, -0.2) is 4.98 Å². The first-order valence-electron chi connectivity index (χ1n) is 5.17. The maximum atomic E-state index is 11.8. The van der Waals surface area contributed by atoms with Gasteiger partial charge in [-0.3, -0.25) is 4.79 Å². The van der Waals surface area contributed by atoms with Gasteiger partial charge in [0.15, 0.2) is 0 Å². The van der Waals surface area contributed by atoms with Crippen molar-refractivity contribution in [3.63, 3.8) is 0 Å². The van der Waals surface area contributed by atoms with E-state index in [1.165, 1.54) is 0 Å². The monoisotopic (exact) mass is 310 g/mol. The summed E-state index contributed by atoms with van der Waals surface area (Å²) in [5, 5.41) is 4.86. The summed E-state index contributed by atoms with van der Waals surface area (Å²) in [4.78, 5) is 16.0. The number of nitrogens with zero attached hydrogens (tertiary/aromatic N) is 1. The van der Waals surface area contributed by atoms with Crippen LogP contribution in [-0.2, 0) is 6.42 Å². The average Bonchev–Trinajstić information content (AvgIpc) is 2.82. The third kappa shape index (κ3) is 3.38. The highest BCUT2D eigenvalue weighted by Gasteiger charge is 2.08. The number of carbonyl (C=O) groups is 1. The van der Waals surface area contributed by atoms with Gasteiger partial charge in [-0.05, 0) is 28.1 Å². The van der Waals surface area contributed by atoms with E-state index in [0.717, 1.165) is 16.6 Å². The fourth-order valence-electron chi connectivity index (χ4n) is 1.41. The first kappa shape index (κ1) is 12.3. The van der Waals surface area contributed by atoms with Crippen LogP contribution in [0.1, 0.15) is 16.1 Å². The lowest BCUT2D eigenvalue weighted by atomic mass is 10.2. The van der Waals surface area contributed by atoms with Crippen molar-refractivity contribution in [2.24, 2.45) is 0 Å². The van der Waals surface area contributed by atoms with E-state index in [1.54, 1.807) is 22.9 Å². The Balaban J connectivity index is 1.88. The molecule has 2 aromatic rings. The van der Waals surface area contributed by atoms with E-state index in [9.17, 15) is 4.79 Å². The lowest BCUT2D eigenvalue weighted by Gasteiger charge is -2.05. The molecule has 2 rings (SSSR count). The molecule has 0 fully saturated rings. The number of nitrogens with one attached hydrogen (secondary N) is 1. The van der Waals surface area contributed by atoms with Gasteiger partial charge in [-0.2, -0.15) is 0 Å². The molecular weight excluding hydrogens is 300 g/mol. The largest absolute Gasteiger partial charge is 0.352 e. The van der Waals surface area contributed by atoms with Gasteiger partial charge in [0.25, 0.3) is 5.91 Å². The van der Waals surface area contributed by atoms with E-state index in [0.29, 0.717) is 12.1 Å². The molecule has 0 aliphatic rings. The summed E-state index contributed by atoms with van der Waals surface area (Å²) in [7, 11) is 0. The zero-order valence-corrected chi connectivity index (χ0v) is 11.4. The molecule has 1 amide bonds. The minimum Gasteiger partial charge on any atom is -0.352 e. The molecule has 88 valence electrons. The molecule has 1 aromatic carbocycles. The van der Waals surface area contributed by atoms with Crippen LogP contribution in [0.3, 0.4) is 0 Å². The summed E-state index contributed by atoms with van der Waals surface area (Å²) in [6, 6.07) is 7.38. The van der Waals surface area contributed by atoms with E-state index in [4.69, 9.17) is 0 Å². The molecule has 0 spiro atoms. The Kier molecular flexibility index (Phi) is 4.28. The summed E-state index contributed by atoms with van der Waals surface area (Å²) < 4.78 is 0.811. The van der Waals surface area contributed by atoms with E-state index < -0.39 is 0 Å². The van der Waals surface area contributed by atoms with Crippen molar-refractivity contribution in [3.8, 4) is 0 Å². The molecule has 0 aliphatic heterocycles. The van der Waals surface area contributed by atoms with E-state index in [1.807, 2.05) is 23.6 Å². The SMILES string of the molecule is O=C(NCCc1cscn1)c1ccccc1Br. The highest BCUT2D eigenvalue weighted by Crippen LogP contribution is 2.15. The molecule has 17 heavy (non-hydrogen) atoms. The molecule has 5 heteroatoms. The van der Waals surface area contributed by atoms with Gasteiger partial charge in [0.1, 0.15) is 0 Å². The second-order valence-corrected chi connectivity index (χ2v) is 5.04. The fourth-order valence-corrected chi connectivity index (χ4v) is 2.46. The topological polar surface area (TPSA) is 42.0 Å². The number of benzene rings is 1. The molecule has 0 aliphatic carbocycles. The summed E-state index contributed by atoms with van der Waals surface area (Å²) in [5.41, 5.74) is 3.47. The standard InChI is InChI=1S/C12H11BrN2OS/c13-11-4-2-1-3-10(11)12(16)14-6-5-9-7-17-8-15-9/h1-4,7-8H,5-6H2,(H,14,16). The Labute approximate surface area is 112 Å². The molecule has 0 bridgehead atoms. The van der Waals surface area contributed by atoms with Gasteiger partial charge in [0.2, 0.25) is 0 Å². The highest BCUT2D eigenvalue weighted by atomic mass is 79.9. The molecule has 3 nitrogen and oxygen atoms in total. The van der Waals surface area contributed by atoms with Crippen molar-refractivity contribution in [1.82, 2.24) is 10.3 Å². The van der Waals surface area contributed by atoms with Crippen molar-refractivity contribution in [2.75, 3.05) is 6.54 Å². The van der Waals surface area contributed by atoms with Gasteiger partial charge in [-0.15, -0.1) is 11.3 Å². The Bertz CT molecular complexity index is 499. The lowest BCUT2D eigenvalue weighted by Crippen LogP contribution is -2.26. The van der Waals surface area contributed by atoms with Gasteiger partial charge < -0.3 is 5.32 Å². The van der Waals surface area contributed by atoms with Crippen LogP contribution in [0.15, 0.2) is 39.6 Å². The smallest absolute Gasteiger partial charge is 0.252 e. The highest BCUT2D eigenvalue weighted by molar-refractivity contribution is 9.10. The zero-order valence-electron chi connectivity index (χ0n) is 9.02. The number of carbonyl (C=O) groups excluding carboxylic acids is 1. The fraction of sp³-hybridized carbons (Fsp3) is 0.167. The number of rotatable bonds is 4. The number of amides is 1. The van der Waals surface area contributed by atoms with Crippen LogP contribution in [0.2, 0.25) is 0 Å². The van der Waals surface area contributed by atoms with Crippen LogP contribution in [0.5, 0.6) is 0 Å². The number of aromatic nitrogens is 1. The lowest BCUT2D eigenvalue weighted by molar-refractivity contribution is 0.0953. The normalized spacial score (nSPS) is 10.2. The molecule has 1 N–H and O–H groups in total. The molecule has 0 saturated heterocycles. The molecule has 0 atom stereocenters. The predicted octanol–water partition coefficient (Wildman–Crippen LogP) is 2.88. The molecule has 0 saturated carbocycles. The van der Waals surface area contributed by atoms with Crippen LogP contribution in [0.4, 0.5) is 0 Å². The third-order valence-corrected chi connectivity index (χ3v) is 3.60. The first-order chi connectivity index (χ1) is 8.27. The molecule has 0 unspecified atom stereocenters. The Hall–Kier alpha value is -1.20. The van der Waals surface area contributed by atoms with Crippen LogP contribution in [0, 0.1) is 0 Å². The van der Waals surface area contributed by atoms with Gasteiger partial charge in [-0.1, -0.05) is 12.1 Å². The molecule has 1 aromatic heterocycles. The number of halogens is 1.